The molecular weight excluding hydrogens is 153 g/mol. The predicted molar refractivity (Wildman–Crippen MR) is 27.1 cm³/mol. The van der Waals surface area contributed by atoms with Gasteiger partial charge in [-0.25, -0.2) is 0 Å². The summed E-state index contributed by atoms with van der Waals surface area (Å²) < 4.78 is 33.8. The van der Waals surface area contributed by atoms with Gasteiger partial charge in [-0.2, -0.15) is 13.2 Å². The lowest BCUT2D eigenvalue weighted by atomic mass is 10.5. The van der Waals surface area contributed by atoms with Crippen molar-refractivity contribution >= 4 is 28.3 Å². The highest BCUT2D eigenvalue weighted by Crippen LogP contribution is 2.21. The van der Waals surface area contributed by atoms with E-state index >= 15 is 0 Å². The Bertz CT molecular complexity index is 62.0. The number of halogens is 4. The highest BCUT2D eigenvalue weighted by atomic mass is 35.5. The summed E-state index contributed by atoms with van der Waals surface area (Å²) in [5.41, 5.74) is 0. The van der Waals surface area contributed by atoms with Gasteiger partial charge in [-0.3, -0.25) is 0 Å². The second-order valence-electron chi connectivity index (χ2n) is 1.41. The van der Waals surface area contributed by atoms with Gasteiger partial charge < -0.3 is 9.07 Å². The highest BCUT2D eigenvalue weighted by molar-refractivity contribution is 6.93. The van der Waals surface area contributed by atoms with E-state index in [9.17, 15) is 13.2 Å². The van der Waals surface area contributed by atoms with E-state index < -0.39 is 31.9 Å². The molecule has 0 bridgehead atoms. The molecule has 0 nitrogen and oxygen atoms in total. The summed E-state index contributed by atoms with van der Waals surface area (Å²) in [7, 11) is 5.15. The Morgan fingerprint density at radius 3 is 2.00 bits per heavy atom. The van der Waals surface area contributed by atoms with Gasteiger partial charge in [-0.1, -0.05) is 0 Å². The van der Waals surface area contributed by atoms with Crippen molar-refractivity contribution in [2.24, 2.45) is 0 Å². The fourth-order valence-electron chi connectivity index (χ4n) is 0.267. The van der Waals surface area contributed by atoms with Crippen LogP contribution in [0.2, 0.25) is 4.55 Å². The Morgan fingerprint density at radius 1 is 1.38 bits per heavy atom. The number of hydrogen-bond donors (Lipinski definition) is 0. The van der Waals surface area contributed by atoms with Crippen molar-refractivity contribution in [1.29, 1.82) is 0 Å². The molecule has 0 fully saturated rings. The van der Waals surface area contributed by atoms with Gasteiger partial charge in [0.2, 0.25) is 0 Å². The maximum atomic E-state index is 11.2. The first kappa shape index (κ1) is 8.85. The SMILES string of the molecule is FC(F)(F)C[CH2][Mg][Cl]. The summed E-state index contributed by atoms with van der Waals surface area (Å²) in [4.78, 5) is 0. The van der Waals surface area contributed by atoms with E-state index in [1.165, 1.54) is 0 Å². The molecular formula is C3H4ClF3Mg. The highest BCUT2D eigenvalue weighted by Gasteiger charge is 2.25. The van der Waals surface area contributed by atoms with E-state index in [2.05, 4.69) is 0 Å². The van der Waals surface area contributed by atoms with E-state index in [1.54, 1.807) is 0 Å². The smallest absolute Gasteiger partial charge is 0.346 e. The Balaban J connectivity index is 3.11. The Kier molecular flexibility index (Phi) is 4.19. The number of alkyl halides is 3. The summed E-state index contributed by atoms with van der Waals surface area (Å²) in [6.45, 7) is 0. The molecule has 0 aliphatic rings. The molecule has 0 spiro atoms. The zero-order valence-electron chi connectivity index (χ0n) is 4.13. The summed E-state index contributed by atoms with van der Waals surface area (Å²) in [5.74, 6) is 0. The van der Waals surface area contributed by atoms with E-state index in [4.69, 9.17) is 9.07 Å². The molecule has 0 heterocycles. The fourth-order valence-corrected chi connectivity index (χ4v) is 1.20. The van der Waals surface area contributed by atoms with Gasteiger partial charge in [-0.15, -0.1) is 4.55 Å². The zero-order valence-corrected chi connectivity index (χ0v) is 6.30. The van der Waals surface area contributed by atoms with Crippen molar-refractivity contribution < 1.29 is 13.2 Å². The molecule has 0 aliphatic carbocycles. The monoisotopic (exact) mass is 156 g/mol. The molecule has 0 atom stereocenters. The molecule has 0 saturated carbocycles. The van der Waals surface area contributed by atoms with E-state index in [0.717, 1.165) is 0 Å². The second kappa shape index (κ2) is 3.79. The molecule has 0 aromatic rings. The molecule has 46 valence electrons. The van der Waals surface area contributed by atoms with Gasteiger partial charge in [0.15, 0.2) is 0 Å². The van der Waals surface area contributed by atoms with Crippen LogP contribution in [-0.4, -0.2) is 25.4 Å². The van der Waals surface area contributed by atoms with Crippen LogP contribution in [0, 0.1) is 0 Å². The van der Waals surface area contributed by atoms with E-state index in [1.807, 2.05) is 0 Å². The van der Waals surface area contributed by atoms with Gasteiger partial charge in [0, 0.05) is 6.42 Å². The van der Waals surface area contributed by atoms with Crippen LogP contribution < -0.4 is 0 Å². The maximum absolute atomic E-state index is 11.2. The first-order valence-corrected chi connectivity index (χ1v) is 5.33. The minimum atomic E-state index is -4.00. The molecule has 0 rings (SSSR count). The minimum Gasteiger partial charge on any atom is -0.346 e. The van der Waals surface area contributed by atoms with Crippen molar-refractivity contribution in [3.8, 4) is 0 Å². The maximum Gasteiger partial charge on any atom is 0.501 e. The van der Waals surface area contributed by atoms with Gasteiger partial charge in [0.25, 0.3) is 0 Å². The molecule has 8 heavy (non-hydrogen) atoms. The Morgan fingerprint density at radius 2 is 1.88 bits per heavy atom. The van der Waals surface area contributed by atoms with Crippen LogP contribution in [0.15, 0.2) is 0 Å². The minimum absolute atomic E-state index is 0.158. The average molecular weight is 157 g/mol. The largest absolute Gasteiger partial charge is 0.501 e. The van der Waals surface area contributed by atoms with Crippen LogP contribution in [0.3, 0.4) is 0 Å². The molecule has 0 aliphatic heterocycles. The molecule has 0 amide bonds. The average Bonchev–Trinajstić information content (AvgIpc) is 1.59. The van der Waals surface area contributed by atoms with Crippen molar-refractivity contribution in [1.82, 2.24) is 0 Å². The third-order valence-corrected chi connectivity index (χ3v) is 2.02. The molecule has 0 N–H and O–H groups in total. The molecule has 0 saturated heterocycles. The lowest BCUT2D eigenvalue weighted by Crippen LogP contribution is -2.06. The number of hydrogen-bond acceptors (Lipinski definition) is 0. The molecule has 0 unspecified atom stereocenters. The van der Waals surface area contributed by atoms with Gasteiger partial charge in [0.05, 0.1) is 0 Å². The van der Waals surface area contributed by atoms with Crippen molar-refractivity contribution in [3.63, 3.8) is 0 Å². The fraction of sp³-hybridized carbons (Fsp3) is 1.00. The Hall–Kier alpha value is 0.846. The topological polar surface area (TPSA) is 0 Å². The zero-order chi connectivity index (χ0) is 6.62. The van der Waals surface area contributed by atoms with Crippen molar-refractivity contribution in [2.75, 3.05) is 0 Å². The molecule has 0 aromatic heterocycles. The van der Waals surface area contributed by atoms with Gasteiger partial charge in [0.1, 0.15) is 0 Å². The lowest BCUT2D eigenvalue weighted by molar-refractivity contribution is -0.130. The van der Waals surface area contributed by atoms with Crippen LogP contribution in [-0.2, 0) is 0 Å². The first-order valence-electron chi connectivity index (χ1n) is 2.19. The summed E-state index contributed by atoms with van der Waals surface area (Å²) >= 11 is -0.914. The normalized spacial score (nSPS) is 11.0. The second-order valence-corrected chi connectivity index (χ2v) is 3.63. The predicted octanol–water partition coefficient (Wildman–Crippen LogP) is 2.22. The summed E-state index contributed by atoms with van der Waals surface area (Å²) in [6.07, 6.45) is -4.70. The van der Waals surface area contributed by atoms with Crippen LogP contribution in [0.4, 0.5) is 13.2 Å². The molecule has 5 heteroatoms. The van der Waals surface area contributed by atoms with Crippen molar-refractivity contribution in [2.45, 2.75) is 17.1 Å². The Labute approximate surface area is 58.9 Å². The summed E-state index contributed by atoms with van der Waals surface area (Å²) in [6, 6.07) is 0. The lowest BCUT2D eigenvalue weighted by Gasteiger charge is -2.01. The quantitative estimate of drug-likeness (QED) is 0.538. The van der Waals surface area contributed by atoms with Crippen LogP contribution in [0.25, 0.3) is 0 Å². The molecule has 0 radical (unpaired) electrons. The van der Waals surface area contributed by atoms with Gasteiger partial charge >= 0.3 is 25.4 Å². The third-order valence-electron chi connectivity index (χ3n) is 0.594. The van der Waals surface area contributed by atoms with E-state index in [0.29, 0.717) is 0 Å². The third kappa shape index (κ3) is 6.85. The number of rotatable bonds is 2. The van der Waals surface area contributed by atoms with Crippen molar-refractivity contribution in [3.05, 3.63) is 0 Å². The van der Waals surface area contributed by atoms with Crippen LogP contribution in [0.1, 0.15) is 6.42 Å². The summed E-state index contributed by atoms with van der Waals surface area (Å²) in [5, 5.41) is 0. The van der Waals surface area contributed by atoms with Gasteiger partial charge in [-0.05, 0) is 0 Å². The van der Waals surface area contributed by atoms with Crippen LogP contribution in [0.5, 0.6) is 0 Å². The van der Waals surface area contributed by atoms with E-state index in [-0.39, 0.29) is 4.55 Å². The van der Waals surface area contributed by atoms with Crippen LogP contribution >= 0.6 is 9.07 Å². The molecule has 0 aromatic carbocycles. The first-order chi connectivity index (χ1) is 3.56. The standard InChI is InChI=1S/C3H4F3.ClH.Mg/c1-2-3(4,5)6;;/h1-2H2;1H;/q;;+1/p-1.